The van der Waals surface area contributed by atoms with Gasteiger partial charge in [0.05, 0.1) is 0 Å². The molecular formula is C13H13F5N2O. The fourth-order valence-corrected chi connectivity index (χ4v) is 2.49. The molecule has 1 aliphatic rings. The standard InChI is InChI=1S/C13H13F5N2O/c1-19-5-6-3-2-4-20(6)13(21)7-8(14)10(16)12(18)11(17)9(7)15/h6,19H,2-5H2,1H3. The van der Waals surface area contributed by atoms with Crippen LogP contribution in [0.2, 0.25) is 0 Å². The summed E-state index contributed by atoms with van der Waals surface area (Å²) in [6.45, 7) is 0.589. The average molecular weight is 308 g/mol. The summed E-state index contributed by atoms with van der Waals surface area (Å²) in [5.74, 6) is -11.9. The normalized spacial score (nSPS) is 18.4. The lowest BCUT2D eigenvalue weighted by atomic mass is 10.1. The average Bonchev–Trinajstić information content (AvgIpc) is 2.92. The Hall–Kier alpha value is -1.70. The van der Waals surface area contributed by atoms with Crippen LogP contribution in [-0.4, -0.2) is 37.0 Å². The summed E-state index contributed by atoms with van der Waals surface area (Å²) in [6, 6.07) is -0.336. The highest BCUT2D eigenvalue weighted by Crippen LogP contribution is 2.27. The van der Waals surface area contributed by atoms with Crippen LogP contribution in [-0.2, 0) is 0 Å². The van der Waals surface area contributed by atoms with Crippen molar-refractivity contribution < 1.29 is 26.7 Å². The van der Waals surface area contributed by atoms with Crippen molar-refractivity contribution in [2.24, 2.45) is 0 Å². The van der Waals surface area contributed by atoms with Crippen molar-refractivity contribution in [1.82, 2.24) is 10.2 Å². The van der Waals surface area contributed by atoms with Gasteiger partial charge < -0.3 is 10.2 Å². The molecular weight excluding hydrogens is 295 g/mol. The molecule has 1 saturated heterocycles. The molecule has 1 atom stereocenters. The zero-order valence-corrected chi connectivity index (χ0v) is 11.2. The molecule has 0 bridgehead atoms. The SMILES string of the molecule is CNCC1CCCN1C(=O)c1c(F)c(F)c(F)c(F)c1F. The molecule has 2 rings (SSSR count). The van der Waals surface area contributed by atoms with Crippen LogP contribution in [0.3, 0.4) is 0 Å². The number of halogens is 5. The summed E-state index contributed by atoms with van der Waals surface area (Å²) in [4.78, 5) is 13.3. The molecule has 0 spiro atoms. The summed E-state index contributed by atoms with van der Waals surface area (Å²) < 4.78 is 66.5. The van der Waals surface area contributed by atoms with Crippen LogP contribution in [0.25, 0.3) is 0 Å². The summed E-state index contributed by atoms with van der Waals surface area (Å²) >= 11 is 0. The maximum atomic E-state index is 13.6. The van der Waals surface area contributed by atoms with Crippen LogP contribution in [0.1, 0.15) is 23.2 Å². The van der Waals surface area contributed by atoms with Crippen molar-refractivity contribution in [2.45, 2.75) is 18.9 Å². The largest absolute Gasteiger partial charge is 0.334 e. The first-order valence-electron chi connectivity index (χ1n) is 6.37. The Bertz CT molecular complexity index is 549. The maximum absolute atomic E-state index is 13.6. The van der Waals surface area contributed by atoms with Gasteiger partial charge in [0.25, 0.3) is 5.91 Å². The third kappa shape index (κ3) is 2.59. The first-order chi connectivity index (χ1) is 9.90. The summed E-state index contributed by atoms with van der Waals surface area (Å²) in [5.41, 5.74) is -1.39. The molecule has 1 aliphatic heterocycles. The topological polar surface area (TPSA) is 32.3 Å². The van der Waals surface area contributed by atoms with Crippen LogP contribution in [0.4, 0.5) is 22.0 Å². The monoisotopic (exact) mass is 308 g/mol. The van der Waals surface area contributed by atoms with E-state index in [2.05, 4.69) is 5.32 Å². The van der Waals surface area contributed by atoms with Gasteiger partial charge in [-0.3, -0.25) is 4.79 Å². The number of amides is 1. The van der Waals surface area contributed by atoms with E-state index in [-0.39, 0.29) is 12.6 Å². The smallest absolute Gasteiger partial charge is 0.260 e. The Kier molecular flexibility index (Phi) is 4.46. The van der Waals surface area contributed by atoms with Crippen molar-refractivity contribution in [1.29, 1.82) is 0 Å². The highest BCUT2D eigenvalue weighted by Gasteiger charge is 2.36. The molecule has 1 amide bonds. The fourth-order valence-electron chi connectivity index (χ4n) is 2.49. The van der Waals surface area contributed by atoms with E-state index in [1.807, 2.05) is 0 Å². The molecule has 1 N–H and O–H groups in total. The van der Waals surface area contributed by atoms with Crippen LogP contribution in [0.15, 0.2) is 0 Å². The van der Waals surface area contributed by atoms with Gasteiger partial charge in [0.2, 0.25) is 5.82 Å². The van der Waals surface area contributed by atoms with Gasteiger partial charge in [-0.25, -0.2) is 22.0 Å². The van der Waals surface area contributed by atoms with Crippen LogP contribution in [0.5, 0.6) is 0 Å². The minimum Gasteiger partial charge on any atom is -0.334 e. The lowest BCUT2D eigenvalue weighted by Gasteiger charge is -2.25. The van der Waals surface area contributed by atoms with Crippen LogP contribution >= 0.6 is 0 Å². The molecule has 0 saturated carbocycles. The third-order valence-electron chi connectivity index (χ3n) is 3.50. The lowest BCUT2D eigenvalue weighted by molar-refractivity contribution is 0.0723. The van der Waals surface area contributed by atoms with Crippen molar-refractivity contribution in [3.63, 3.8) is 0 Å². The van der Waals surface area contributed by atoms with Crippen LogP contribution < -0.4 is 5.32 Å². The molecule has 1 heterocycles. The van der Waals surface area contributed by atoms with E-state index in [1.165, 1.54) is 0 Å². The summed E-state index contributed by atoms with van der Waals surface area (Å²) in [7, 11) is 1.64. The van der Waals surface area contributed by atoms with Gasteiger partial charge in [0, 0.05) is 19.1 Å². The first kappa shape index (κ1) is 15.7. The fraction of sp³-hybridized carbons (Fsp3) is 0.462. The van der Waals surface area contributed by atoms with Crippen molar-refractivity contribution >= 4 is 5.91 Å². The van der Waals surface area contributed by atoms with E-state index in [9.17, 15) is 26.7 Å². The number of nitrogens with one attached hydrogen (secondary N) is 1. The second-order valence-corrected chi connectivity index (χ2v) is 4.80. The number of hydrogen-bond donors (Lipinski definition) is 1. The van der Waals surface area contributed by atoms with Gasteiger partial charge in [-0.05, 0) is 19.9 Å². The molecule has 1 aromatic carbocycles. The Labute approximate surface area is 117 Å². The predicted octanol–water partition coefficient (Wildman–Crippen LogP) is 2.21. The Morgan fingerprint density at radius 3 is 2.14 bits per heavy atom. The number of rotatable bonds is 3. The molecule has 0 aliphatic carbocycles. The first-order valence-corrected chi connectivity index (χ1v) is 6.37. The minimum absolute atomic E-state index is 0.213. The number of likely N-dealkylation sites (tertiary alicyclic amines) is 1. The number of carbonyl (C=O) groups excluding carboxylic acids is 1. The van der Waals surface area contributed by atoms with E-state index in [1.54, 1.807) is 7.05 Å². The van der Waals surface area contributed by atoms with Gasteiger partial charge in [0.15, 0.2) is 23.3 Å². The third-order valence-corrected chi connectivity index (χ3v) is 3.50. The van der Waals surface area contributed by atoms with E-state index in [0.29, 0.717) is 19.4 Å². The lowest BCUT2D eigenvalue weighted by Crippen LogP contribution is -2.41. The summed E-state index contributed by atoms with van der Waals surface area (Å²) in [5, 5.41) is 2.82. The highest BCUT2D eigenvalue weighted by molar-refractivity contribution is 5.95. The van der Waals surface area contributed by atoms with Crippen LogP contribution in [0, 0.1) is 29.1 Å². The van der Waals surface area contributed by atoms with Gasteiger partial charge in [-0.2, -0.15) is 0 Å². The van der Waals surface area contributed by atoms with Gasteiger partial charge >= 0.3 is 0 Å². The summed E-state index contributed by atoms with van der Waals surface area (Å²) in [6.07, 6.45) is 1.20. The van der Waals surface area contributed by atoms with Crippen molar-refractivity contribution in [3.8, 4) is 0 Å². The molecule has 0 aromatic heterocycles. The number of likely N-dealkylation sites (N-methyl/N-ethyl adjacent to an activating group) is 1. The maximum Gasteiger partial charge on any atom is 0.260 e. The molecule has 0 radical (unpaired) electrons. The van der Waals surface area contributed by atoms with Gasteiger partial charge in [-0.1, -0.05) is 0 Å². The molecule has 1 unspecified atom stereocenters. The molecule has 21 heavy (non-hydrogen) atoms. The van der Waals surface area contributed by atoms with Crippen molar-refractivity contribution in [2.75, 3.05) is 20.1 Å². The Balaban J connectivity index is 2.44. The molecule has 116 valence electrons. The predicted molar refractivity (Wildman–Crippen MR) is 64.2 cm³/mol. The molecule has 1 fully saturated rings. The minimum atomic E-state index is -2.27. The molecule has 3 nitrogen and oxygen atoms in total. The highest BCUT2D eigenvalue weighted by atomic mass is 19.2. The zero-order valence-electron chi connectivity index (χ0n) is 11.2. The second-order valence-electron chi connectivity index (χ2n) is 4.80. The second kappa shape index (κ2) is 5.97. The zero-order chi connectivity index (χ0) is 15.7. The quantitative estimate of drug-likeness (QED) is 0.527. The number of carbonyl (C=O) groups is 1. The number of hydrogen-bond acceptors (Lipinski definition) is 2. The Morgan fingerprint density at radius 1 is 1.10 bits per heavy atom. The molecule has 1 aromatic rings. The van der Waals surface area contributed by atoms with E-state index >= 15 is 0 Å². The van der Waals surface area contributed by atoms with E-state index in [0.717, 1.165) is 4.90 Å². The Morgan fingerprint density at radius 2 is 1.62 bits per heavy atom. The molecule has 8 heteroatoms. The number of nitrogens with zero attached hydrogens (tertiary/aromatic N) is 1. The van der Waals surface area contributed by atoms with Crippen molar-refractivity contribution in [3.05, 3.63) is 34.6 Å². The van der Waals surface area contributed by atoms with E-state index in [4.69, 9.17) is 0 Å². The van der Waals surface area contributed by atoms with Gasteiger partial charge in [0.1, 0.15) is 5.56 Å². The number of benzene rings is 1. The van der Waals surface area contributed by atoms with Gasteiger partial charge in [-0.15, -0.1) is 0 Å². The van der Waals surface area contributed by atoms with E-state index < -0.39 is 40.6 Å².